The van der Waals surface area contributed by atoms with Crippen molar-refractivity contribution >= 4 is 15.9 Å². The van der Waals surface area contributed by atoms with E-state index in [0.717, 1.165) is 15.8 Å². The highest BCUT2D eigenvalue weighted by molar-refractivity contribution is 9.10. The largest absolute Gasteiger partial charge is 0.485 e. The number of benzene rings is 1. The molecule has 1 N–H and O–H groups in total. The molecule has 0 aliphatic heterocycles. The second-order valence-corrected chi connectivity index (χ2v) is 4.88. The van der Waals surface area contributed by atoms with Crippen molar-refractivity contribution in [2.45, 2.75) is 19.6 Å². The fourth-order valence-electron chi connectivity index (χ4n) is 1.61. The van der Waals surface area contributed by atoms with Crippen molar-refractivity contribution in [3.63, 3.8) is 0 Å². The van der Waals surface area contributed by atoms with Crippen molar-refractivity contribution in [2.24, 2.45) is 0 Å². The van der Waals surface area contributed by atoms with Crippen molar-refractivity contribution in [2.75, 3.05) is 7.05 Å². The molecule has 1 aromatic heterocycles. The predicted molar refractivity (Wildman–Crippen MR) is 72.5 cm³/mol. The van der Waals surface area contributed by atoms with E-state index < -0.39 is 0 Å². The summed E-state index contributed by atoms with van der Waals surface area (Å²) >= 11 is 3.47. The van der Waals surface area contributed by atoms with E-state index in [1.807, 2.05) is 19.2 Å². The molecule has 0 amide bonds. The number of aromatic nitrogens is 1. The molecule has 0 aliphatic rings. The first-order chi connectivity index (χ1) is 8.70. The van der Waals surface area contributed by atoms with Crippen molar-refractivity contribution in [1.82, 2.24) is 10.5 Å². The molecule has 0 bridgehead atoms. The second-order valence-electron chi connectivity index (χ2n) is 3.96. The van der Waals surface area contributed by atoms with Crippen molar-refractivity contribution in [1.29, 1.82) is 0 Å². The first kappa shape index (κ1) is 13.1. The van der Waals surface area contributed by atoms with Crippen molar-refractivity contribution in [3.05, 3.63) is 46.3 Å². The zero-order valence-corrected chi connectivity index (χ0v) is 11.9. The molecular weight excluding hydrogens is 296 g/mol. The third-order valence-electron chi connectivity index (χ3n) is 2.73. The molecular formula is C13H15BrN2O2. The van der Waals surface area contributed by atoms with Gasteiger partial charge in [-0.25, -0.2) is 0 Å². The van der Waals surface area contributed by atoms with Gasteiger partial charge in [0.2, 0.25) is 0 Å². The minimum atomic E-state index is 0.215. The van der Waals surface area contributed by atoms with Gasteiger partial charge in [0, 0.05) is 22.1 Å². The van der Waals surface area contributed by atoms with E-state index in [4.69, 9.17) is 9.26 Å². The smallest absolute Gasteiger partial charge is 0.174 e. The van der Waals surface area contributed by atoms with E-state index >= 15 is 0 Å². The highest BCUT2D eigenvalue weighted by Gasteiger charge is 2.11. The van der Waals surface area contributed by atoms with Crippen LogP contribution in [0.25, 0.3) is 0 Å². The van der Waals surface area contributed by atoms with Gasteiger partial charge in [-0.3, -0.25) is 0 Å². The van der Waals surface area contributed by atoms with E-state index in [2.05, 4.69) is 39.4 Å². The number of rotatable bonds is 5. The van der Waals surface area contributed by atoms with Crippen LogP contribution in [-0.4, -0.2) is 12.2 Å². The molecule has 4 nitrogen and oxygen atoms in total. The van der Waals surface area contributed by atoms with Gasteiger partial charge in [0.25, 0.3) is 0 Å². The number of halogens is 1. The molecule has 96 valence electrons. The van der Waals surface area contributed by atoms with Crippen LogP contribution in [0.1, 0.15) is 24.3 Å². The topological polar surface area (TPSA) is 47.3 Å². The molecule has 0 fully saturated rings. The van der Waals surface area contributed by atoms with Gasteiger partial charge in [0.05, 0.1) is 6.20 Å². The SMILES string of the molecule is CNC(C)c1cc(Br)ccc1OCc1ccno1. The molecule has 18 heavy (non-hydrogen) atoms. The van der Waals surface area contributed by atoms with Gasteiger partial charge in [0.15, 0.2) is 5.76 Å². The third-order valence-corrected chi connectivity index (χ3v) is 3.23. The second kappa shape index (κ2) is 6.02. The summed E-state index contributed by atoms with van der Waals surface area (Å²) < 4.78 is 11.8. The number of nitrogens with one attached hydrogen (secondary N) is 1. The Morgan fingerprint density at radius 3 is 2.94 bits per heavy atom. The lowest BCUT2D eigenvalue weighted by Crippen LogP contribution is -2.13. The molecule has 1 unspecified atom stereocenters. The van der Waals surface area contributed by atoms with Crippen LogP contribution in [0.5, 0.6) is 5.75 Å². The maximum atomic E-state index is 5.76. The van der Waals surface area contributed by atoms with Gasteiger partial charge in [-0.05, 0) is 32.2 Å². The molecule has 0 saturated heterocycles. The van der Waals surface area contributed by atoms with E-state index in [0.29, 0.717) is 12.4 Å². The average molecular weight is 311 g/mol. The normalized spacial score (nSPS) is 12.4. The Kier molecular flexibility index (Phi) is 4.38. The van der Waals surface area contributed by atoms with Crippen LogP contribution >= 0.6 is 15.9 Å². The fraction of sp³-hybridized carbons (Fsp3) is 0.308. The van der Waals surface area contributed by atoms with Gasteiger partial charge in [0.1, 0.15) is 12.4 Å². The summed E-state index contributed by atoms with van der Waals surface area (Å²) in [7, 11) is 1.92. The van der Waals surface area contributed by atoms with Gasteiger partial charge >= 0.3 is 0 Å². The first-order valence-corrected chi connectivity index (χ1v) is 6.49. The molecule has 5 heteroatoms. The molecule has 1 heterocycles. The van der Waals surface area contributed by atoms with Crippen LogP contribution < -0.4 is 10.1 Å². The highest BCUT2D eigenvalue weighted by Crippen LogP contribution is 2.29. The molecule has 2 aromatic rings. The molecule has 0 saturated carbocycles. The summed E-state index contributed by atoms with van der Waals surface area (Å²) in [4.78, 5) is 0. The quantitative estimate of drug-likeness (QED) is 0.920. The number of hydrogen-bond acceptors (Lipinski definition) is 4. The zero-order valence-electron chi connectivity index (χ0n) is 10.3. The monoisotopic (exact) mass is 310 g/mol. The lowest BCUT2D eigenvalue weighted by molar-refractivity contribution is 0.246. The molecule has 0 radical (unpaired) electrons. The number of ether oxygens (including phenoxy) is 1. The third kappa shape index (κ3) is 3.11. The van der Waals surface area contributed by atoms with Crippen LogP contribution in [0.15, 0.2) is 39.5 Å². The highest BCUT2D eigenvalue weighted by atomic mass is 79.9. The van der Waals surface area contributed by atoms with E-state index in [-0.39, 0.29) is 6.04 Å². The standard InChI is InChI=1S/C13H15BrN2O2/c1-9(15-2)12-7-10(14)3-4-13(12)17-8-11-5-6-16-18-11/h3-7,9,15H,8H2,1-2H3. The predicted octanol–water partition coefficient (Wildman–Crippen LogP) is 3.30. The summed E-state index contributed by atoms with van der Waals surface area (Å²) in [5.74, 6) is 1.55. The summed E-state index contributed by atoms with van der Waals surface area (Å²) in [6, 6.07) is 7.97. The Labute approximate surface area is 114 Å². The van der Waals surface area contributed by atoms with Gasteiger partial charge in [-0.15, -0.1) is 0 Å². The number of nitrogens with zero attached hydrogens (tertiary/aromatic N) is 1. The molecule has 0 spiro atoms. The Hall–Kier alpha value is -1.33. The summed E-state index contributed by atoms with van der Waals surface area (Å²) in [6.07, 6.45) is 1.61. The van der Waals surface area contributed by atoms with Crippen LogP contribution in [0.3, 0.4) is 0 Å². The maximum Gasteiger partial charge on any atom is 0.174 e. The Morgan fingerprint density at radius 1 is 1.44 bits per heavy atom. The van der Waals surface area contributed by atoms with Gasteiger partial charge in [-0.2, -0.15) is 0 Å². The minimum Gasteiger partial charge on any atom is -0.485 e. The summed E-state index contributed by atoms with van der Waals surface area (Å²) in [5, 5.41) is 6.85. The maximum absolute atomic E-state index is 5.76. The van der Waals surface area contributed by atoms with E-state index in [1.165, 1.54) is 0 Å². The molecule has 1 atom stereocenters. The van der Waals surface area contributed by atoms with Crippen LogP contribution in [0.4, 0.5) is 0 Å². The Morgan fingerprint density at radius 2 is 2.28 bits per heavy atom. The fourth-order valence-corrected chi connectivity index (χ4v) is 1.99. The van der Waals surface area contributed by atoms with E-state index in [1.54, 1.807) is 12.3 Å². The minimum absolute atomic E-state index is 0.215. The molecule has 2 rings (SSSR count). The van der Waals surface area contributed by atoms with Crippen LogP contribution in [0, 0.1) is 0 Å². The molecule has 0 aliphatic carbocycles. The van der Waals surface area contributed by atoms with Gasteiger partial charge in [-0.1, -0.05) is 21.1 Å². The van der Waals surface area contributed by atoms with Gasteiger partial charge < -0.3 is 14.6 Å². The summed E-state index contributed by atoms with van der Waals surface area (Å²) in [5.41, 5.74) is 1.10. The Balaban J connectivity index is 2.16. The first-order valence-electron chi connectivity index (χ1n) is 5.69. The lowest BCUT2D eigenvalue weighted by Gasteiger charge is -2.16. The van der Waals surface area contributed by atoms with Crippen molar-refractivity contribution in [3.8, 4) is 5.75 Å². The van der Waals surface area contributed by atoms with E-state index in [9.17, 15) is 0 Å². The number of hydrogen-bond donors (Lipinski definition) is 1. The van der Waals surface area contributed by atoms with Crippen molar-refractivity contribution < 1.29 is 9.26 Å². The van der Waals surface area contributed by atoms with Crippen LogP contribution in [-0.2, 0) is 6.61 Å². The van der Waals surface area contributed by atoms with Crippen LogP contribution in [0.2, 0.25) is 0 Å². The lowest BCUT2D eigenvalue weighted by atomic mass is 10.1. The molecule has 1 aromatic carbocycles. The zero-order chi connectivity index (χ0) is 13.0. The average Bonchev–Trinajstić information content (AvgIpc) is 2.89. The Bertz CT molecular complexity index is 500. The summed E-state index contributed by atoms with van der Waals surface area (Å²) in [6.45, 7) is 2.47.